The molecule has 0 saturated carbocycles. The maximum Gasteiger partial charge on any atom is 0.115 e. The van der Waals surface area contributed by atoms with Gasteiger partial charge in [-0.15, -0.1) is 11.3 Å². The van der Waals surface area contributed by atoms with Gasteiger partial charge in [-0.3, -0.25) is 14.8 Å². The van der Waals surface area contributed by atoms with Crippen molar-refractivity contribution in [2.45, 2.75) is 378 Å². The first kappa shape index (κ1) is 136. The normalized spacial score (nSPS) is 8.32. The molecule has 0 spiro atoms. The fourth-order valence-corrected chi connectivity index (χ4v) is 7.45. The van der Waals surface area contributed by atoms with Crippen LogP contribution in [0.25, 0.3) is 0 Å². The Labute approximate surface area is 652 Å². The third kappa shape index (κ3) is 113. The molecule has 6 aromatic heterocycles. The molecule has 0 aliphatic rings. The summed E-state index contributed by atoms with van der Waals surface area (Å²) in [6.45, 7) is 95.1. The van der Waals surface area contributed by atoms with Gasteiger partial charge in [-0.1, -0.05) is 325 Å². The summed E-state index contributed by atoms with van der Waals surface area (Å²) >= 11 is 2.52. The minimum absolute atomic E-state index is 0.0370. The van der Waals surface area contributed by atoms with Crippen LogP contribution in [-0.4, -0.2) is 66.3 Å². The molecule has 606 valence electrons. The monoisotopic (exact) mass is 1540 g/mol. The van der Waals surface area contributed by atoms with Crippen molar-refractivity contribution in [2.24, 2.45) is 0 Å². The molecule has 0 bridgehead atoms. The molecule has 9 nitrogen and oxygen atoms in total. The van der Waals surface area contributed by atoms with Crippen molar-refractivity contribution in [2.75, 3.05) is 6.26 Å². The van der Waals surface area contributed by atoms with Crippen LogP contribution in [0, 0.1) is 0 Å². The van der Waals surface area contributed by atoms with Gasteiger partial charge in [0, 0.05) is 66.7 Å². The van der Waals surface area contributed by atoms with Crippen LogP contribution in [0.4, 0.5) is 0 Å². The van der Waals surface area contributed by atoms with Gasteiger partial charge < -0.3 is 9.73 Å². The number of carbonyl (C=O) groups is 1. The first-order chi connectivity index (χ1) is 48.7. The average molecular weight is 1540 g/mol. The van der Waals surface area contributed by atoms with E-state index in [0.29, 0.717) is 50.0 Å². The Balaban J connectivity index is -0.0000000558. The number of nitrogens with one attached hydrogen (secondary N) is 1. The van der Waals surface area contributed by atoms with E-state index in [-0.39, 0.29) is 17.2 Å². The average Bonchev–Trinajstić information content (AvgIpc) is 1.84. The summed E-state index contributed by atoms with van der Waals surface area (Å²) in [5.41, 5.74) is 5.07. The Morgan fingerprint density at radius 1 is 0.412 bits per heavy atom. The van der Waals surface area contributed by atoms with Crippen LogP contribution in [0.1, 0.15) is 404 Å². The first-order valence-electron chi connectivity index (χ1n) is 39.9. The molecule has 102 heavy (non-hydrogen) atoms. The standard InChI is InChI=1S/C9H12.2C8H11N.C7H10N2.C7H10O.C7H10S.C7H10Se.C5H11NO.C4H10O2S.14C2H6/c1-8(2)9-6-4-3-5-7-9;1-7(2)8-4-3-5-9-6-8;1-7(2)8-5-3-4-6-9-8;1-6(2)7-3-8-5-9-4-7;3*1-6(2)7-4-3-5-8-7;1-4(2)6-5(3)7;1-4(2)7(3,5)6;14*1-2/h3-8H,1-2H3;2*3-7H,1-2H3;3-6H,1-2H3;3*3-6H,1-2H3;4H,1-3H3,(H,6,7);4H,1-3H3;14*1-2H3. The fraction of sp³-hybridized carbons (Fsp3) is 0.633. The van der Waals surface area contributed by atoms with Gasteiger partial charge >= 0.3 is 55.8 Å². The van der Waals surface area contributed by atoms with E-state index in [1.165, 1.54) is 34.7 Å². The predicted molar refractivity (Wildman–Crippen MR) is 480 cm³/mol. The van der Waals surface area contributed by atoms with Gasteiger partial charge in [0.1, 0.15) is 21.9 Å². The number of thiophene rings is 1. The van der Waals surface area contributed by atoms with Gasteiger partial charge in [-0.2, -0.15) is 0 Å². The van der Waals surface area contributed by atoms with E-state index in [2.05, 4.69) is 187 Å². The summed E-state index contributed by atoms with van der Waals surface area (Å²) in [6.07, 6.45) is 13.7. The number of benzene rings is 1. The van der Waals surface area contributed by atoms with E-state index in [4.69, 9.17) is 4.42 Å². The summed E-state index contributed by atoms with van der Waals surface area (Å²) in [4.78, 5) is 29.9. The molecule has 12 heteroatoms. The van der Waals surface area contributed by atoms with Gasteiger partial charge in [-0.05, 0) is 116 Å². The van der Waals surface area contributed by atoms with Crippen LogP contribution in [0.5, 0.6) is 0 Å². The molecule has 1 amide bonds. The van der Waals surface area contributed by atoms with Crippen molar-refractivity contribution in [1.82, 2.24) is 25.3 Å². The maximum absolute atomic E-state index is 10.3. The van der Waals surface area contributed by atoms with Crippen molar-refractivity contribution < 1.29 is 17.6 Å². The van der Waals surface area contributed by atoms with Gasteiger partial charge in [0.2, 0.25) is 5.91 Å². The summed E-state index contributed by atoms with van der Waals surface area (Å²) in [7, 11) is -2.74. The molecule has 1 N–H and O–H groups in total. The number of rotatable bonds is 9. The molecular formula is C90H179N5O4S2Se. The van der Waals surface area contributed by atoms with E-state index in [0.717, 1.165) is 17.4 Å². The van der Waals surface area contributed by atoms with Gasteiger partial charge in [-0.25, -0.2) is 18.4 Å². The van der Waals surface area contributed by atoms with Crippen LogP contribution in [-0.2, 0) is 14.6 Å². The minimum atomic E-state index is -2.74. The zero-order valence-corrected chi connectivity index (χ0v) is 80.1. The number of furan rings is 1. The maximum atomic E-state index is 10.3. The van der Waals surface area contributed by atoms with Crippen molar-refractivity contribution in [3.63, 3.8) is 0 Å². The van der Waals surface area contributed by atoms with Crippen molar-refractivity contribution in [3.8, 4) is 0 Å². The molecule has 0 aliphatic carbocycles. The third-order valence-corrected chi connectivity index (χ3v) is 15.4. The Morgan fingerprint density at radius 2 is 0.814 bits per heavy atom. The van der Waals surface area contributed by atoms with Gasteiger partial charge in [0.05, 0.1) is 11.5 Å². The Kier molecular flexibility index (Phi) is 160. The molecule has 1 aromatic carbocycles. The molecule has 0 fully saturated rings. The number of amides is 1. The number of pyridine rings is 2. The fourth-order valence-electron chi connectivity index (χ4n) is 5.15. The van der Waals surface area contributed by atoms with E-state index in [1.54, 1.807) is 37.1 Å². The van der Waals surface area contributed by atoms with Crippen LogP contribution in [0.3, 0.4) is 0 Å². The summed E-state index contributed by atoms with van der Waals surface area (Å²) in [5, 5.41) is 4.56. The molecule has 0 saturated heterocycles. The summed E-state index contributed by atoms with van der Waals surface area (Å²) < 4.78 is 27.4. The number of aromatic nitrogens is 4. The minimum Gasteiger partial charge on any atom is -0.469 e. The summed E-state index contributed by atoms with van der Waals surface area (Å²) in [6, 6.07) is 33.4. The molecule has 0 radical (unpaired) electrons. The largest absolute Gasteiger partial charge is 0.469 e. The zero-order valence-electron chi connectivity index (χ0n) is 76.8. The Bertz CT molecular complexity index is 2130. The molecule has 7 rings (SSSR count). The molecular weight excluding hydrogens is 1360 g/mol. The second-order valence-electron chi connectivity index (χ2n) is 20.0. The molecule has 7 aromatic rings. The van der Waals surface area contributed by atoms with Gasteiger partial charge in [0.15, 0.2) is 0 Å². The van der Waals surface area contributed by atoms with E-state index < -0.39 is 9.84 Å². The number of hydrogen-bond acceptors (Lipinski definition) is 9. The SMILES string of the molecule is CC.CC.CC.CC.CC.CC.CC.CC.CC.CC.CC.CC.CC.CC.CC(=O)NC(C)C.CC(C)S(C)(=O)=O.CC(C)c1ccc[se]1.CC(C)c1ccccc1.CC(C)c1ccccn1.CC(C)c1cccnc1.CC(C)c1ccco1.CC(C)c1cccs1.CC(C)c1cncnc1. The van der Waals surface area contributed by atoms with Crippen LogP contribution >= 0.6 is 11.3 Å². The van der Waals surface area contributed by atoms with Crippen molar-refractivity contribution in [3.05, 3.63) is 188 Å². The number of sulfone groups is 1. The molecule has 0 aliphatic heterocycles. The molecule has 0 unspecified atom stereocenters. The van der Waals surface area contributed by atoms with Crippen LogP contribution in [0.15, 0.2) is 155 Å². The quantitative estimate of drug-likeness (QED) is 0.142. The van der Waals surface area contributed by atoms with Crippen LogP contribution < -0.4 is 5.32 Å². The predicted octanol–water partition coefficient (Wildman–Crippen LogP) is 31.3. The Hall–Kier alpha value is -5.00. The van der Waals surface area contributed by atoms with Gasteiger partial charge in [0.25, 0.3) is 0 Å². The second kappa shape index (κ2) is 120. The van der Waals surface area contributed by atoms with E-state index in [9.17, 15) is 13.2 Å². The zero-order chi connectivity index (χ0) is 84.6. The topological polar surface area (TPSA) is 128 Å². The molecule has 6 heterocycles. The number of carbonyl (C=O) groups excluding carboxylic acids is 1. The number of hydrogen-bond donors (Lipinski definition) is 1. The molecule has 0 atom stereocenters. The number of nitrogens with zero attached hydrogens (tertiary/aromatic N) is 4. The first-order valence-corrected chi connectivity index (χ1v) is 44.6. The van der Waals surface area contributed by atoms with Crippen LogP contribution in [0.2, 0.25) is 0 Å². The van der Waals surface area contributed by atoms with E-state index >= 15 is 0 Å². The smallest absolute Gasteiger partial charge is 0.115 e. The second-order valence-corrected chi connectivity index (χ2v) is 25.6. The van der Waals surface area contributed by atoms with Crippen molar-refractivity contribution >= 4 is 41.6 Å². The summed E-state index contributed by atoms with van der Waals surface area (Å²) in [5.74, 6) is 5.42. The Morgan fingerprint density at radius 3 is 0.990 bits per heavy atom. The van der Waals surface area contributed by atoms with E-state index in [1.807, 2.05) is 286 Å². The third-order valence-electron chi connectivity index (χ3n) is 10.0. The van der Waals surface area contributed by atoms with Crippen molar-refractivity contribution in [1.29, 1.82) is 0 Å².